The summed E-state index contributed by atoms with van der Waals surface area (Å²) >= 11 is 0. The van der Waals surface area contributed by atoms with Gasteiger partial charge in [0.1, 0.15) is 11.5 Å². The lowest BCUT2D eigenvalue weighted by atomic mass is 10.1. The maximum Gasteiger partial charge on any atom is 0.452 e. The van der Waals surface area contributed by atoms with Crippen LogP contribution in [0.3, 0.4) is 0 Å². The molecule has 0 radical (unpaired) electrons. The molecule has 5 nitrogen and oxygen atoms in total. The summed E-state index contributed by atoms with van der Waals surface area (Å²) in [5.41, 5.74) is 0.870. The highest BCUT2D eigenvalue weighted by atomic mass is 31.2. The van der Waals surface area contributed by atoms with Gasteiger partial charge < -0.3 is 14.4 Å². The van der Waals surface area contributed by atoms with Crippen molar-refractivity contribution >= 4 is 13.5 Å². The van der Waals surface area contributed by atoms with Crippen molar-refractivity contribution in [3.63, 3.8) is 0 Å². The first-order chi connectivity index (χ1) is 13.5. The molecule has 0 aliphatic carbocycles. The molecule has 0 aromatic heterocycles. The number of carbonyl (C=O) groups is 1. The van der Waals surface area contributed by atoms with Gasteiger partial charge >= 0.3 is 7.60 Å². The normalized spacial score (nSPS) is 12.0. The second-order valence-corrected chi connectivity index (χ2v) is 8.47. The van der Waals surface area contributed by atoms with E-state index in [0.29, 0.717) is 11.5 Å². The van der Waals surface area contributed by atoms with Crippen LogP contribution in [-0.2, 0) is 15.8 Å². The van der Waals surface area contributed by atoms with Gasteiger partial charge in [0.2, 0.25) is 5.91 Å². The summed E-state index contributed by atoms with van der Waals surface area (Å²) in [6.45, 7) is 1.62. The van der Waals surface area contributed by atoms with Crippen LogP contribution in [0, 0.1) is 0 Å². The van der Waals surface area contributed by atoms with Gasteiger partial charge in [0.15, 0.2) is 5.78 Å². The number of amides is 1. The van der Waals surface area contributed by atoms with E-state index in [9.17, 15) is 9.36 Å². The second-order valence-electron chi connectivity index (χ2n) is 6.25. The number of hydrogen-bond acceptors (Lipinski definition) is 4. The first-order valence-corrected chi connectivity index (χ1v) is 10.6. The zero-order chi connectivity index (χ0) is 19.8. The Hall–Kier alpha value is -3.04. The molecule has 0 fully saturated rings. The van der Waals surface area contributed by atoms with Crippen LogP contribution in [0.2, 0.25) is 0 Å². The number of hydrogen-bond donors (Lipinski definition) is 1. The van der Waals surface area contributed by atoms with Crippen LogP contribution in [0.4, 0.5) is 0 Å². The summed E-state index contributed by atoms with van der Waals surface area (Å²) < 4.78 is 25.1. The molecular weight excluding hydrogens is 373 g/mol. The minimum Gasteiger partial charge on any atom is -0.415 e. The fraction of sp³-hybridized carbons (Fsp3) is 0.136. The van der Waals surface area contributed by atoms with Crippen molar-refractivity contribution in [2.75, 3.05) is 0 Å². The molecule has 6 heteroatoms. The van der Waals surface area contributed by atoms with Gasteiger partial charge in [-0.25, -0.2) is 4.57 Å². The summed E-state index contributed by atoms with van der Waals surface area (Å²) in [7, 11) is -3.74. The number of carbonyl (C=O) groups excluding carboxylic acids is 1. The lowest BCUT2D eigenvalue weighted by Gasteiger charge is -2.25. The van der Waals surface area contributed by atoms with Gasteiger partial charge in [0.25, 0.3) is 0 Å². The van der Waals surface area contributed by atoms with Gasteiger partial charge in [0.05, 0.1) is 6.42 Å². The molecule has 0 saturated heterocycles. The van der Waals surface area contributed by atoms with E-state index in [-0.39, 0.29) is 12.3 Å². The van der Waals surface area contributed by atoms with Crippen LogP contribution in [-0.4, -0.2) is 11.7 Å². The van der Waals surface area contributed by atoms with Crippen molar-refractivity contribution in [3.8, 4) is 11.5 Å². The fourth-order valence-electron chi connectivity index (χ4n) is 2.58. The van der Waals surface area contributed by atoms with Gasteiger partial charge in [-0.3, -0.25) is 4.79 Å². The lowest BCUT2D eigenvalue weighted by Crippen LogP contribution is -2.36. The highest BCUT2D eigenvalue weighted by Crippen LogP contribution is 2.51. The maximum absolute atomic E-state index is 13.6. The molecule has 0 aliphatic heterocycles. The molecule has 1 atom stereocenters. The van der Waals surface area contributed by atoms with E-state index in [1.54, 1.807) is 55.5 Å². The SMILES string of the molecule is C[C@H](NC(=O)Cc1ccccc1)P(=O)(Oc1ccccc1)Oc1ccccc1. The Morgan fingerprint density at radius 1 is 0.821 bits per heavy atom. The minimum absolute atomic E-state index is 0.182. The van der Waals surface area contributed by atoms with Gasteiger partial charge in [-0.05, 0) is 36.8 Å². The summed E-state index contributed by atoms with van der Waals surface area (Å²) in [5, 5.41) is 2.76. The molecule has 0 saturated carbocycles. The van der Waals surface area contributed by atoms with E-state index >= 15 is 0 Å². The van der Waals surface area contributed by atoms with Gasteiger partial charge in [-0.2, -0.15) is 0 Å². The van der Waals surface area contributed by atoms with Crippen molar-refractivity contribution in [2.24, 2.45) is 0 Å². The Labute approximate surface area is 164 Å². The Balaban J connectivity index is 1.76. The van der Waals surface area contributed by atoms with Crippen molar-refractivity contribution < 1.29 is 18.4 Å². The first kappa shape index (κ1) is 19.7. The van der Waals surface area contributed by atoms with Crippen molar-refractivity contribution in [3.05, 3.63) is 96.6 Å². The van der Waals surface area contributed by atoms with E-state index in [4.69, 9.17) is 9.05 Å². The van der Waals surface area contributed by atoms with Crippen LogP contribution in [0.15, 0.2) is 91.0 Å². The Kier molecular flexibility index (Phi) is 6.51. The molecule has 0 unspecified atom stereocenters. The van der Waals surface area contributed by atoms with Crippen LogP contribution in [0.1, 0.15) is 12.5 Å². The third-order valence-corrected chi connectivity index (χ3v) is 6.01. The predicted molar refractivity (Wildman–Crippen MR) is 109 cm³/mol. The lowest BCUT2D eigenvalue weighted by molar-refractivity contribution is -0.120. The highest BCUT2D eigenvalue weighted by molar-refractivity contribution is 7.55. The van der Waals surface area contributed by atoms with Crippen molar-refractivity contribution in [1.82, 2.24) is 5.32 Å². The molecule has 3 aromatic carbocycles. The third kappa shape index (κ3) is 5.48. The van der Waals surface area contributed by atoms with E-state index in [0.717, 1.165) is 5.56 Å². The topological polar surface area (TPSA) is 64.6 Å². The molecule has 144 valence electrons. The summed E-state index contributed by atoms with van der Waals surface area (Å²) in [5.74, 6) is -0.284. The van der Waals surface area contributed by atoms with E-state index in [1.165, 1.54) is 0 Å². The monoisotopic (exact) mass is 395 g/mol. The smallest absolute Gasteiger partial charge is 0.415 e. The quantitative estimate of drug-likeness (QED) is 0.543. The van der Waals surface area contributed by atoms with E-state index in [2.05, 4.69) is 5.32 Å². The van der Waals surface area contributed by atoms with E-state index in [1.807, 2.05) is 42.5 Å². The molecule has 3 aromatic rings. The number of nitrogens with one attached hydrogen (secondary N) is 1. The zero-order valence-electron chi connectivity index (χ0n) is 15.5. The average molecular weight is 395 g/mol. The van der Waals surface area contributed by atoms with Crippen LogP contribution in [0.5, 0.6) is 11.5 Å². The third-order valence-electron chi connectivity index (χ3n) is 4.00. The molecular formula is C22H22NO4P. The van der Waals surface area contributed by atoms with Crippen LogP contribution in [0.25, 0.3) is 0 Å². The number of para-hydroxylation sites is 2. The largest absolute Gasteiger partial charge is 0.452 e. The predicted octanol–water partition coefficient (Wildman–Crippen LogP) is 5.04. The fourth-order valence-corrected chi connectivity index (χ4v) is 4.06. The zero-order valence-corrected chi connectivity index (χ0v) is 16.4. The van der Waals surface area contributed by atoms with Crippen molar-refractivity contribution in [1.29, 1.82) is 0 Å². The number of benzene rings is 3. The molecule has 0 bridgehead atoms. The molecule has 0 spiro atoms. The van der Waals surface area contributed by atoms with Crippen LogP contribution >= 0.6 is 7.60 Å². The summed E-state index contributed by atoms with van der Waals surface area (Å²) in [4.78, 5) is 12.4. The average Bonchev–Trinajstić information content (AvgIpc) is 2.70. The van der Waals surface area contributed by atoms with Gasteiger partial charge in [0, 0.05) is 0 Å². The standard InChI is InChI=1S/C22H22NO4P/c1-18(23-22(24)17-19-11-5-2-6-12-19)28(25,26-20-13-7-3-8-14-20)27-21-15-9-4-10-16-21/h2-16,18H,17H2,1H3,(H,23,24)/t18-/m1/s1. The molecule has 3 rings (SSSR count). The first-order valence-electron chi connectivity index (χ1n) is 8.97. The summed E-state index contributed by atoms with van der Waals surface area (Å²) in [6.07, 6.45) is 0.182. The van der Waals surface area contributed by atoms with E-state index < -0.39 is 13.4 Å². The molecule has 28 heavy (non-hydrogen) atoms. The molecule has 1 amide bonds. The minimum atomic E-state index is -3.74. The van der Waals surface area contributed by atoms with Gasteiger partial charge in [-0.1, -0.05) is 66.7 Å². The maximum atomic E-state index is 13.6. The summed E-state index contributed by atoms with van der Waals surface area (Å²) in [6, 6.07) is 26.9. The van der Waals surface area contributed by atoms with Crippen molar-refractivity contribution in [2.45, 2.75) is 19.1 Å². The molecule has 0 aliphatic rings. The van der Waals surface area contributed by atoms with Gasteiger partial charge in [-0.15, -0.1) is 0 Å². The molecule has 0 heterocycles. The Bertz CT molecular complexity index is 887. The number of rotatable bonds is 8. The Morgan fingerprint density at radius 3 is 1.71 bits per heavy atom. The van der Waals surface area contributed by atoms with Crippen LogP contribution < -0.4 is 14.4 Å². The Morgan fingerprint density at radius 2 is 1.25 bits per heavy atom. The molecule has 1 N–H and O–H groups in total. The second kappa shape index (κ2) is 9.25. The highest BCUT2D eigenvalue weighted by Gasteiger charge is 2.37.